The highest BCUT2D eigenvalue weighted by Gasteiger charge is 2.01. The van der Waals surface area contributed by atoms with Gasteiger partial charge < -0.3 is 4.57 Å². The van der Waals surface area contributed by atoms with Crippen molar-refractivity contribution in [1.82, 2.24) is 9.55 Å². The minimum absolute atomic E-state index is 0.0727. The number of hydrogen-bond acceptors (Lipinski definition) is 2. The molecular weight excluding hydrogens is 236 g/mol. The van der Waals surface area contributed by atoms with Crippen molar-refractivity contribution in [3.63, 3.8) is 0 Å². The first-order chi connectivity index (χ1) is 9.33. The van der Waals surface area contributed by atoms with Crippen LogP contribution in [0.1, 0.15) is 32.1 Å². The van der Waals surface area contributed by atoms with E-state index in [2.05, 4.69) is 10.9 Å². The maximum absolute atomic E-state index is 12.2. The summed E-state index contributed by atoms with van der Waals surface area (Å²) >= 11 is 0. The van der Waals surface area contributed by atoms with Crippen LogP contribution in [-0.2, 0) is 6.54 Å². The highest BCUT2D eigenvalue weighted by Crippen LogP contribution is 2.08. The molecule has 0 aromatic carbocycles. The summed E-state index contributed by atoms with van der Waals surface area (Å²) in [5, 5.41) is 1.64. The van der Waals surface area contributed by atoms with Crippen LogP contribution in [0.2, 0.25) is 0 Å². The molecule has 0 aliphatic rings. The van der Waals surface area contributed by atoms with E-state index >= 15 is 0 Å². The second kappa shape index (κ2) is 6.75. The van der Waals surface area contributed by atoms with Gasteiger partial charge >= 0.3 is 0 Å². The number of rotatable bonds is 6. The minimum Gasteiger partial charge on any atom is -0.315 e. The first kappa shape index (κ1) is 13.4. The van der Waals surface area contributed by atoms with Gasteiger partial charge in [-0.25, -0.2) is 0 Å². The van der Waals surface area contributed by atoms with Crippen molar-refractivity contribution in [1.29, 1.82) is 0 Å². The summed E-state index contributed by atoms with van der Waals surface area (Å²) < 4.78 is 1.78. The van der Waals surface area contributed by atoms with Crippen LogP contribution >= 0.6 is 0 Å². The van der Waals surface area contributed by atoms with Crippen LogP contribution in [0.15, 0.2) is 35.5 Å². The Morgan fingerprint density at radius 3 is 2.89 bits per heavy atom. The molecule has 19 heavy (non-hydrogen) atoms. The Morgan fingerprint density at radius 1 is 1.21 bits per heavy atom. The monoisotopic (exact) mass is 254 g/mol. The lowest BCUT2D eigenvalue weighted by molar-refractivity contribution is 0.567. The van der Waals surface area contributed by atoms with Gasteiger partial charge in [-0.1, -0.05) is 12.8 Å². The molecule has 2 heterocycles. The first-order valence-corrected chi connectivity index (χ1v) is 6.69. The van der Waals surface area contributed by atoms with E-state index in [1.807, 2.05) is 12.3 Å². The van der Waals surface area contributed by atoms with Gasteiger partial charge in [0.15, 0.2) is 0 Å². The van der Waals surface area contributed by atoms with Crippen molar-refractivity contribution in [3.8, 4) is 12.3 Å². The summed E-state index contributed by atoms with van der Waals surface area (Å²) in [6.45, 7) is 0.771. The topological polar surface area (TPSA) is 34.9 Å². The van der Waals surface area contributed by atoms with Crippen molar-refractivity contribution in [2.24, 2.45) is 0 Å². The number of aryl methyl sites for hydroxylation is 1. The molecule has 0 radical (unpaired) electrons. The van der Waals surface area contributed by atoms with Gasteiger partial charge in [-0.15, -0.1) is 12.3 Å². The molecule has 2 rings (SSSR count). The van der Waals surface area contributed by atoms with E-state index in [0.717, 1.165) is 49.4 Å². The van der Waals surface area contributed by atoms with Gasteiger partial charge in [0.25, 0.3) is 5.56 Å². The molecule has 0 saturated carbocycles. The van der Waals surface area contributed by atoms with Crippen LogP contribution in [-0.4, -0.2) is 9.55 Å². The zero-order valence-corrected chi connectivity index (χ0v) is 11.0. The SMILES string of the molecule is C#CCCCCCCn1ccc2cnccc2c1=O. The molecule has 2 aromatic heterocycles. The second-order valence-electron chi connectivity index (χ2n) is 4.65. The van der Waals surface area contributed by atoms with Crippen molar-refractivity contribution in [3.05, 3.63) is 41.1 Å². The number of unbranched alkanes of at least 4 members (excludes halogenated alkanes) is 4. The predicted octanol–water partition coefficient (Wildman–Crippen LogP) is 2.98. The first-order valence-electron chi connectivity index (χ1n) is 6.69. The van der Waals surface area contributed by atoms with E-state index in [1.165, 1.54) is 0 Å². The molecule has 2 aromatic rings. The molecule has 0 aliphatic carbocycles. The molecule has 0 bridgehead atoms. The summed E-state index contributed by atoms with van der Waals surface area (Å²) in [6.07, 6.45) is 15.6. The largest absolute Gasteiger partial charge is 0.315 e. The third-order valence-electron chi connectivity index (χ3n) is 3.25. The molecule has 0 atom stereocenters. The summed E-state index contributed by atoms with van der Waals surface area (Å²) in [5.41, 5.74) is 0.0727. The molecule has 98 valence electrons. The van der Waals surface area contributed by atoms with E-state index in [9.17, 15) is 4.79 Å². The lowest BCUT2D eigenvalue weighted by Gasteiger charge is -2.06. The fourth-order valence-corrected chi connectivity index (χ4v) is 2.17. The Morgan fingerprint density at radius 2 is 2.05 bits per heavy atom. The van der Waals surface area contributed by atoms with Gasteiger partial charge in [0.05, 0.1) is 5.39 Å². The third-order valence-corrected chi connectivity index (χ3v) is 3.25. The molecule has 0 amide bonds. The molecule has 0 aliphatic heterocycles. The van der Waals surface area contributed by atoms with Crippen LogP contribution in [0.5, 0.6) is 0 Å². The second-order valence-corrected chi connectivity index (χ2v) is 4.65. The Bertz CT molecular complexity index is 637. The molecule has 3 heteroatoms. The third kappa shape index (κ3) is 3.45. The Labute approximate surface area is 113 Å². The summed E-state index contributed by atoms with van der Waals surface area (Å²) in [5.74, 6) is 2.64. The van der Waals surface area contributed by atoms with Crippen molar-refractivity contribution in [2.45, 2.75) is 38.6 Å². The normalized spacial score (nSPS) is 10.5. The lowest BCUT2D eigenvalue weighted by atomic mass is 10.1. The van der Waals surface area contributed by atoms with Gasteiger partial charge in [-0.05, 0) is 25.0 Å². The zero-order valence-electron chi connectivity index (χ0n) is 11.0. The van der Waals surface area contributed by atoms with Crippen LogP contribution in [0.4, 0.5) is 0 Å². The van der Waals surface area contributed by atoms with Crippen molar-refractivity contribution < 1.29 is 0 Å². The highest BCUT2D eigenvalue weighted by molar-refractivity contribution is 5.79. The minimum atomic E-state index is 0.0727. The fraction of sp³-hybridized carbons (Fsp3) is 0.375. The molecule has 0 fully saturated rings. The lowest BCUT2D eigenvalue weighted by Crippen LogP contribution is -2.19. The van der Waals surface area contributed by atoms with Crippen LogP contribution in [0, 0.1) is 12.3 Å². The molecule has 0 unspecified atom stereocenters. The van der Waals surface area contributed by atoms with Crippen LogP contribution in [0.25, 0.3) is 10.8 Å². The maximum Gasteiger partial charge on any atom is 0.258 e. The van der Waals surface area contributed by atoms with E-state index < -0.39 is 0 Å². The number of nitrogens with zero attached hydrogens (tertiary/aromatic N) is 2. The molecular formula is C16H18N2O. The molecule has 0 N–H and O–H groups in total. The quantitative estimate of drug-likeness (QED) is 0.586. The van der Waals surface area contributed by atoms with E-state index in [0.29, 0.717) is 0 Å². The van der Waals surface area contributed by atoms with Gasteiger partial charge in [0.2, 0.25) is 0 Å². The number of pyridine rings is 2. The Balaban J connectivity index is 1.96. The van der Waals surface area contributed by atoms with Gasteiger partial charge in [0, 0.05) is 36.9 Å². The average Bonchev–Trinajstić information content (AvgIpc) is 2.45. The molecule has 3 nitrogen and oxygen atoms in total. The Kier molecular flexibility index (Phi) is 4.74. The summed E-state index contributed by atoms with van der Waals surface area (Å²) in [6, 6.07) is 3.73. The zero-order chi connectivity index (χ0) is 13.5. The smallest absolute Gasteiger partial charge is 0.258 e. The standard InChI is InChI=1S/C16H18N2O/c1-2-3-4-5-6-7-11-18-12-9-14-13-17-10-8-15(14)16(18)19/h1,8-10,12-13H,3-7,11H2. The fourth-order valence-electron chi connectivity index (χ4n) is 2.17. The predicted molar refractivity (Wildman–Crippen MR) is 77.9 cm³/mol. The maximum atomic E-state index is 12.2. The van der Waals surface area contributed by atoms with E-state index in [-0.39, 0.29) is 5.56 Å². The van der Waals surface area contributed by atoms with Gasteiger partial charge in [-0.3, -0.25) is 9.78 Å². The number of fused-ring (bicyclic) bond motifs is 1. The van der Waals surface area contributed by atoms with Gasteiger partial charge in [-0.2, -0.15) is 0 Å². The van der Waals surface area contributed by atoms with E-state index in [1.54, 1.807) is 23.0 Å². The van der Waals surface area contributed by atoms with E-state index in [4.69, 9.17) is 6.42 Å². The summed E-state index contributed by atoms with van der Waals surface area (Å²) in [4.78, 5) is 16.2. The van der Waals surface area contributed by atoms with Crippen LogP contribution in [0.3, 0.4) is 0 Å². The van der Waals surface area contributed by atoms with Crippen molar-refractivity contribution in [2.75, 3.05) is 0 Å². The summed E-state index contributed by atoms with van der Waals surface area (Å²) in [7, 11) is 0. The van der Waals surface area contributed by atoms with Crippen LogP contribution < -0.4 is 5.56 Å². The Hall–Kier alpha value is -2.08. The number of terminal acetylenes is 1. The number of hydrogen-bond donors (Lipinski definition) is 0. The average molecular weight is 254 g/mol. The molecule has 0 saturated heterocycles. The highest BCUT2D eigenvalue weighted by atomic mass is 16.1. The van der Waals surface area contributed by atoms with Crippen molar-refractivity contribution >= 4 is 10.8 Å². The number of aromatic nitrogens is 2. The van der Waals surface area contributed by atoms with Gasteiger partial charge in [0.1, 0.15) is 0 Å². The molecule has 0 spiro atoms.